The average Bonchev–Trinajstić information content (AvgIpc) is 3.15. The zero-order chi connectivity index (χ0) is 20.1. The Morgan fingerprint density at radius 2 is 1.38 bits per heavy atom. The Balaban J connectivity index is 0.00000163. The van der Waals surface area contributed by atoms with E-state index < -0.39 is 11.2 Å². The molecule has 2 heterocycles. The second kappa shape index (κ2) is 8.96. The molecule has 6 heteroatoms. The molecule has 0 bridgehead atoms. The molecule has 26 heavy (non-hydrogen) atoms. The van der Waals surface area contributed by atoms with E-state index in [0.717, 1.165) is 25.8 Å². The zero-order valence-electron chi connectivity index (χ0n) is 17.9. The minimum atomic E-state index is -0.484. The highest BCUT2D eigenvalue weighted by Gasteiger charge is 2.41. The molecule has 2 fully saturated rings. The first-order valence-corrected chi connectivity index (χ1v) is 9.94. The molecule has 0 spiro atoms. The van der Waals surface area contributed by atoms with Gasteiger partial charge in [-0.2, -0.15) is 0 Å². The van der Waals surface area contributed by atoms with Crippen LogP contribution < -0.4 is 0 Å². The lowest BCUT2D eigenvalue weighted by molar-refractivity contribution is 0.0170. The summed E-state index contributed by atoms with van der Waals surface area (Å²) in [5.41, 5.74) is -0.965. The van der Waals surface area contributed by atoms with Gasteiger partial charge in [0.1, 0.15) is 11.2 Å². The quantitative estimate of drug-likeness (QED) is 0.673. The first-order valence-electron chi connectivity index (χ1n) is 9.94. The minimum Gasteiger partial charge on any atom is -0.444 e. The highest BCUT2D eigenvalue weighted by molar-refractivity contribution is 5.70. The molecule has 2 amide bonds. The van der Waals surface area contributed by atoms with Crippen LogP contribution in [0.15, 0.2) is 0 Å². The maximum Gasteiger partial charge on any atom is 0.410 e. The lowest BCUT2D eigenvalue weighted by Gasteiger charge is -2.31. The fourth-order valence-corrected chi connectivity index (χ4v) is 3.42. The summed E-state index contributed by atoms with van der Waals surface area (Å²) in [4.78, 5) is 28.3. The van der Waals surface area contributed by atoms with Crippen LogP contribution in [0.4, 0.5) is 9.59 Å². The van der Waals surface area contributed by atoms with Gasteiger partial charge in [-0.3, -0.25) is 0 Å². The molecular weight excluding hydrogens is 332 g/mol. The monoisotopic (exact) mass is 370 g/mol. The first kappa shape index (κ1) is 22.6. The number of likely N-dealkylation sites (tertiary alicyclic amines) is 2. The topological polar surface area (TPSA) is 59.1 Å². The highest BCUT2D eigenvalue weighted by atomic mass is 16.6. The smallest absolute Gasteiger partial charge is 0.410 e. The van der Waals surface area contributed by atoms with Crippen molar-refractivity contribution in [3.8, 4) is 0 Å². The molecular formula is C20H38N2O4. The van der Waals surface area contributed by atoms with Crippen LogP contribution in [-0.2, 0) is 9.47 Å². The van der Waals surface area contributed by atoms with Crippen molar-refractivity contribution in [1.29, 1.82) is 0 Å². The van der Waals surface area contributed by atoms with Gasteiger partial charge in [0.05, 0.1) is 0 Å². The summed E-state index contributed by atoms with van der Waals surface area (Å²) >= 11 is 0. The Labute approximate surface area is 159 Å². The molecule has 0 saturated carbocycles. The Kier molecular flexibility index (Phi) is 7.78. The highest BCUT2D eigenvalue weighted by Crippen LogP contribution is 2.32. The van der Waals surface area contributed by atoms with Gasteiger partial charge in [-0.05, 0) is 66.7 Å². The number of carbonyl (C=O) groups is 2. The fraction of sp³-hybridized carbons (Fsp3) is 0.900. The van der Waals surface area contributed by atoms with Gasteiger partial charge in [0.25, 0.3) is 0 Å². The number of rotatable bonds is 1. The number of hydrogen-bond donors (Lipinski definition) is 0. The van der Waals surface area contributed by atoms with Gasteiger partial charge in [-0.1, -0.05) is 13.8 Å². The molecule has 2 saturated heterocycles. The second-order valence-corrected chi connectivity index (χ2v) is 8.86. The van der Waals surface area contributed by atoms with Crippen molar-refractivity contribution >= 4 is 12.2 Å². The molecule has 0 aromatic rings. The van der Waals surface area contributed by atoms with E-state index in [1.807, 2.05) is 60.3 Å². The third-order valence-electron chi connectivity index (χ3n) is 4.35. The normalized spacial score (nSPS) is 23.4. The third-order valence-corrected chi connectivity index (χ3v) is 4.35. The second-order valence-electron chi connectivity index (χ2n) is 8.86. The molecule has 2 rings (SSSR count). The summed E-state index contributed by atoms with van der Waals surface area (Å²) in [6.45, 7) is 17.4. The van der Waals surface area contributed by atoms with Crippen molar-refractivity contribution in [3.63, 3.8) is 0 Å². The van der Waals surface area contributed by atoms with E-state index in [2.05, 4.69) is 0 Å². The van der Waals surface area contributed by atoms with Gasteiger partial charge < -0.3 is 19.3 Å². The van der Waals surface area contributed by atoms with Gasteiger partial charge in [-0.15, -0.1) is 0 Å². The van der Waals surface area contributed by atoms with E-state index in [1.165, 1.54) is 0 Å². The van der Waals surface area contributed by atoms with Crippen LogP contribution >= 0.6 is 0 Å². The molecule has 0 aliphatic carbocycles. The standard InChI is InChI=1S/C18H32N2O4.C2H6/c1-17(2,3)23-15(21)19-11-9-13(12-19)14-8-7-10-20(14)16(22)24-18(4,5)6;1-2/h13-14H,7-12H2,1-6H3;1-2H3. The van der Waals surface area contributed by atoms with E-state index >= 15 is 0 Å². The van der Waals surface area contributed by atoms with E-state index in [9.17, 15) is 9.59 Å². The summed E-state index contributed by atoms with van der Waals surface area (Å²) in [6, 6.07) is 0.160. The summed E-state index contributed by atoms with van der Waals surface area (Å²) < 4.78 is 11.0. The van der Waals surface area contributed by atoms with Gasteiger partial charge in [0, 0.05) is 25.7 Å². The largest absolute Gasteiger partial charge is 0.444 e. The summed E-state index contributed by atoms with van der Waals surface area (Å²) in [5, 5.41) is 0. The Morgan fingerprint density at radius 3 is 1.92 bits per heavy atom. The van der Waals surface area contributed by atoms with Crippen LogP contribution in [0.3, 0.4) is 0 Å². The Hall–Kier alpha value is -1.46. The lowest BCUT2D eigenvalue weighted by atomic mass is 9.97. The molecule has 0 radical (unpaired) electrons. The van der Waals surface area contributed by atoms with Crippen LogP contribution in [0.2, 0.25) is 0 Å². The maximum absolute atomic E-state index is 12.4. The Bertz CT molecular complexity index is 479. The van der Waals surface area contributed by atoms with Crippen LogP contribution in [0.5, 0.6) is 0 Å². The van der Waals surface area contributed by atoms with Crippen molar-refractivity contribution in [2.24, 2.45) is 5.92 Å². The molecule has 2 aliphatic heterocycles. The van der Waals surface area contributed by atoms with E-state index in [1.54, 1.807) is 4.90 Å². The van der Waals surface area contributed by atoms with Crippen molar-refractivity contribution < 1.29 is 19.1 Å². The predicted molar refractivity (Wildman–Crippen MR) is 103 cm³/mol. The summed E-state index contributed by atoms with van der Waals surface area (Å²) in [7, 11) is 0. The molecule has 2 unspecified atom stereocenters. The molecule has 152 valence electrons. The van der Waals surface area contributed by atoms with Gasteiger partial charge in [-0.25, -0.2) is 9.59 Å². The zero-order valence-corrected chi connectivity index (χ0v) is 17.9. The first-order chi connectivity index (χ1) is 12.0. The third kappa shape index (κ3) is 6.69. The van der Waals surface area contributed by atoms with Crippen LogP contribution in [0, 0.1) is 5.92 Å². The number of nitrogens with zero attached hydrogens (tertiary/aromatic N) is 2. The number of amides is 2. The lowest BCUT2D eigenvalue weighted by Crippen LogP contribution is -2.44. The van der Waals surface area contributed by atoms with Crippen molar-refractivity contribution in [2.45, 2.75) is 91.9 Å². The molecule has 6 nitrogen and oxygen atoms in total. The van der Waals surface area contributed by atoms with E-state index in [0.29, 0.717) is 19.0 Å². The van der Waals surface area contributed by atoms with E-state index in [4.69, 9.17) is 9.47 Å². The maximum atomic E-state index is 12.4. The number of ether oxygens (including phenoxy) is 2. The fourth-order valence-electron chi connectivity index (χ4n) is 3.42. The van der Waals surface area contributed by atoms with E-state index in [-0.39, 0.29) is 18.2 Å². The average molecular weight is 371 g/mol. The number of carbonyl (C=O) groups excluding carboxylic acids is 2. The molecule has 0 aromatic heterocycles. The van der Waals surface area contributed by atoms with Crippen molar-refractivity contribution in [1.82, 2.24) is 9.80 Å². The van der Waals surface area contributed by atoms with Crippen LogP contribution in [0.25, 0.3) is 0 Å². The van der Waals surface area contributed by atoms with Crippen molar-refractivity contribution in [2.75, 3.05) is 19.6 Å². The van der Waals surface area contributed by atoms with Gasteiger partial charge in [0.2, 0.25) is 0 Å². The molecule has 0 aromatic carbocycles. The molecule has 2 aliphatic rings. The SMILES string of the molecule is CC.CC(C)(C)OC(=O)N1CCC(C2CCCN2C(=O)OC(C)(C)C)C1. The van der Waals surface area contributed by atoms with Crippen LogP contribution in [-0.4, -0.2) is 58.9 Å². The summed E-state index contributed by atoms with van der Waals surface area (Å²) in [5.74, 6) is 0.299. The van der Waals surface area contributed by atoms with Crippen LogP contribution in [0.1, 0.15) is 74.7 Å². The predicted octanol–water partition coefficient (Wildman–Crippen LogP) is 4.67. The van der Waals surface area contributed by atoms with Gasteiger partial charge in [0.15, 0.2) is 0 Å². The van der Waals surface area contributed by atoms with Crippen molar-refractivity contribution in [3.05, 3.63) is 0 Å². The molecule has 0 N–H and O–H groups in total. The summed E-state index contributed by atoms with van der Waals surface area (Å²) in [6.07, 6.45) is 2.38. The number of hydrogen-bond acceptors (Lipinski definition) is 4. The van der Waals surface area contributed by atoms with Gasteiger partial charge >= 0.3 is 12.2 Å². The minimum absolute atomic E-state index is 0.160. The Morgan fingerprint density at radius 1 is 0.846 bits per heavy atom. The molecule has 2 atom stereocenters.